The molecule has 0 aliphatic carbocycles. The first-order chi connectivity index (χ1) is 16.7. The van der Waals surface area contributed by atoms with Gasteiger partial charge in [0.2, 0.25) is 6.41 Å². The highest BCUT2D eigenvalue weighted by atomic mass is 35.5. The highest BCUT2D eigenvalue weighted by molar-refractivity contribution is 6.30. The van der Waals surface area contributed by atoms with Gasteiger partial charge < -0.3 is 14.5 Å². The Bertz CT molecular complexity index is 1080. The third kappa shape index (κ3) is 6.46. The van der Waals surface area contributed by atoms with Crippen molar-refractivity contribution in [3.8, 4) is 0 Å². The van der Waals surface area contributed by atoms with Crippen molar-refractivity contribution in [3.05, 3.63) is 76.1 Å². The number of carbonyl (C=O) groups is 1. The third-order valence-corrected chi connectivity index (χ3v) is 5.96. The maximum Gasteiger partial charge on any atom is 0.416 e. The summed E-state index contributed by atoms with van der Waals surface area (Å²) in [5.74, 6) is 0.361. The zero-order valence-corrected chi connectivity index (χ0v) is 20.3. The summed E-state index contributed by atoms with van der Waals surface area (Å²) in [6.07, 6.45) is -8.74. The molecular weight excluding hydrogens is 510 g/mol. The maximum atomic E-state index is 13.3. The summed E-state index contributed by atoms with van der Waals surface area (Å²) in [6.45, 7) is 7.66. The van der Waals surface area contributed by atoms with Crippen LogP contribution in [0, 0.1) is 0 Å². The zero-order valence-electron chi connectivity index (χ0n) is 19.6. The van der Waals surface area contributed by atoms with E-state index in [4.69, 9.17) is 16.3 Å². The summed E-state index contributed by atoms with van der Waals surface area (Å²) < 4.78 is 85.7. The van der Waals surface area contributed by atoms with Crippen LogP contribution in [0.2, 0.25) is 5.02 Å². The van der Waals surface area contributed by atoms with Crippen molar-refractivity contribution in [2.24, 2.45) is 0 Å². The molecule has 1 aliphatic rings. The Hall–Kier alpha value is -2.88. The Morgan fingerprint density at radius 3 is 2.28 bits per heavy atom. The summed E-state index contributed by atoms with van der Waals surface area (Å²) in [4.78, 5) is 15.1. The molecule has 2 aromatic carbocycles. The molecule has 0 saturated heterocycles. The smallest absolute Gasteiger partial charge is 0.416 e. The number of fused-ring (bicyclic) bond motifs is 1. The fraction of sp³-hybridized carbons (Fsp3) is 0.400. The molecule has 1 aliphatic heterocycles. The predicted molar refractivity (Wildman–Crippen MR) is 124 cm³/mol. The van der Waals surface area contributed by atoms with Gasteiger partial charge in [0.1, 0.15) is 0 Å². The average Bonchev–Trinajstić information content (AvgIpc) is 2.95. The van der Waals surface area contributed by atoms with E-state index in [1.165, 1.54) is 4.90 Å². The summed E-state index contributed by atoms with van der Waals surface area (Å²) in [5.41, 5.74) is -1.92. The molecule has 4 nitrogen and oxygen atoms in total. The van der Waals surface area contributed by atoms with E-state index >= 15 is 0 Å². The van der Waals surface area contributed by atoms with Crippen LogP contribution in [0.3, 0.4) is 0 Å². The van der Waals surface area contributed by atoms with Crippen molar-refractivity contribution in [3.63, 3.8) is 0 Å². The Labute approximate surface area is 210 Å². The van der Waals surface area contributed by atoms with Gasteiger partial charge in [0.05, 0.1) is 29.0 Å². The predicted octanol–water partition coefficient (Wildman–Crippen LogP) is 7.57. The van der Waals surface area contributed by atoms with Crippen LogP contribution >= 0.6 is 11.6 Å². The minimum absolute atomic E-state index is 0.0654. The number of alkyl halides is 6. The van der Waals surface area contributed by atoms with Gasteiger partial charge >= 0.3 is 12.4 Å². The van der Waals surface area contributed by atoms with E-state index in [0.29, 0.717) is 60.1 Å². The van der Waals surface area contributed by atoms with Crippen LogP contribution in [-0.2, 0) is 28.4 Å². The van der Waals surface area contributed by atoms with Crippen LogP contribution < -0.4 is 4.90 Å². The molecule has 0 fully saturated rings. The standard InChI is InChI=1S/C25H25ClF6N2O2/c1-15(2)36-16(3)34-8-4-5-22(21-7-6-20(26)12-23(21)34)33(14-35)13-17-9-18(24(27,28)29)11-19(10-17)25(30,31)32/h6-7,9-12,14-15,22H,3-5,8,13H2,1-2H3. The highest BCUT2D eigenvalue weighted by Crippen LogP contribution is 2.41. The molecule has 0 aromatic heterocycles. The molecule has 1 unspecified atom stereocenters. The first kappa shape index (κ1) is 27.7. The molecule has 0 N–H and O–H groups in total. The molecule has 1 atom stereocenters. The van der Waals surface area contributed by atoms with Crippen molar-refractivity contribution >= 4 is 23.7 Å². The molecule has 3 rings (SSSR count). The molecule has 2 aromatic rings. The number of amides is 1. The largest absolute Gasteiger partial charge is 0.477 e. The van der Waals surface area contributed by atoms with Crippen molar-refractivity contribution in [1.29, 1.82) is 0 Å². The van der Waals surface area contributed by atoms with Crippen molar-refractivity contribution in [2.45, 2.75) is 57.7 Å². The van der Waals surface area contributed by atoms with Crippen LogP contribution in [0.5, 0.6) is 0 Å². The fourth-order valence-corrected chi connectivity index (χ4v) is 4.40. The molecule has 1 amide bonds. The average molecular weight is 535 g/mol. The summed E-state index contributed by atoms with van der Waals surface area (Å²) >= 11 is 6.22. The second kappa shape index (κ2) is 10.6. The van der Waals surface area contributed by atoms with E-state index in [1.54, 1.807) is 23.1 Å². The summed E-state index contributed by atoms with van der Waals surface area (Å²) in [6, 6.07) is 5.67. The van der Waals surface area contributed by atoms with Gasteiger partial charge in [0.25, 0.3) is 0 Å². The Morgan fingerprint density at radius 1 is 1.14 bits per heavy atom. The van der Waals surface area contributed by atoms with Gasteiger partial charge in [-0.15, -0.1) is 0 Å². The number of hydrogen-bond acceptors (Lipinski definition) is 3. The number of nitrogens with zero attached hydrogens (tertiary/aromatic N) is 2. The van der Waals surface area contributed by atoms with Gasteiger partial charge in [0.15, 0.2) is 5.88 Å². The van der Waals surface area contributed by atoms with Gasteiger partial charge in [-0.3, -0.25) is 4.79 Å². The number of anilines is 1. The van der Waals surface area contributed by atoms with Gasteiger partial charge in [-0.05, 0) is 74.7 Å². The number of halogens is 7. The molecule has 11 heteroatoms. The molecular formula is C25H25ClF6N2O2. The van der Waals surface area contributed by atoms with E-state index in [0.717, 1.165) is 0 Å². The third-order valence-electron chi connectivity index (χ3n) is 5.72. The lowest BCUT2D eigenvalue weighted by Crippen LogP contribution is -2.28. The van der Waals surface area contributed by atoms with Crippen molar-refractivity contribution < 1.29 is 35.9 Å². The zero-order chi connectivity index (χ0) is 26.8. The lowest BCUT2D eigenvalue weighted by molar-refractivity contribution is -0.143. The lowest BCUT2D eigenvalue weighted by Gasteiger charge is -2.31. The van der Waals surface area contributed by atoms with Crippen LogP contribution in [0.15, 0.2) is 48.9 Å². The molecule has 36 heavy (non-hydrogen) atoms. The number of rotatable bonds is 7. The number of benzene rings is 2. The second-order valence-corrected chi connectivity index (χ2v) is 9.20. The minimum atomic E-state index is -4.98. The number of ether oxygens (including phenoxy) is 1. The van der Waals surface area contributed by atoms with E-state index < -0.39 is 36.1 Å². The molecule has 196 valence electrons. The van der Waals surface area contributed by atoms with E-state index in [-0.39, 0.29) is 17.7 Å². The topological polar surface area (TPSA) is 32.8 Å². The van der Waals surface area contributed by atoms with Crippen molar-refractivity contribution in [2.75, 3.05) is 11.4 Å². The minimum Gasteiger partial charge on any atom is -0.477 e. The van der Waals surface area contributed by atoms with Crippen molar-refractivity contribution in [1.82, 2.24) is 4.90 Å². The maximum absolute atomic E-state index is 13.3. The number of hydrogen-bond donors (Lipinski definition) is 0. The number of carbonyl (C=O) groups excluding carboxylic acids is 1. The van der Waals surface area contributed by atoms with E-state index in [1.807, 2.05) is 13.8 Å². The quantitative estimate of drug-likeness (QED) is 0.209. The monoisotopic (exact) mass is 534 g/mol. The van der Waals surface area contributed by atoms with Gasteiger partial charge in [-0.2, -0.15) is 26.3 Å². The molecule has 0 saturated carbocycles. The van der Waals surface area contributed by atoms with Gasteiger partial charge in [-0.1, -0.05) is 17.7 Å². The Morgan fingerprint density at radius 2 is 1.75 bits per heavy atom. The van der Waals surface area contributed by atoms with Crippen LogP contribution in [0.4, 0.5) is 32.0 Å². The Kier molecular flexibility index (Phi) is 8.17. The summed E-state index contributed by atoms with van der Waals surface area (Å²) in [7, 11) is 0. The Balaban J connectivity index is 2.03. The lowest BCUT2D eigenvalue weighted by atomic mass is 9.98. The van der Waals surface area contributed by atoms with Crippen LogP contribution in [0.25, 0.3) is 0 Å². The molecule has 0 spiro atoms. The van der Waals surface area contributed by atoms with Crippen LogP contribution in [0.1, 0.15) is 55.0 Å². The molecule has 1 heterocycles. The van der Waals surface area contributed by atoms with E-state index in [9.17, 15) is 31.1 Å². The highest BCUT2D eigenvalue weighted by Gasteiger charge is 2.37. The second-order valence-electron chi connectivity index (χ2n) is 8.77. The summed E-state index contributed by atoms with van der Waals surface area (Å²) in [5, 5.41) is 0.405. The van der Waals surface area contributed by atoms with Crippen LogP contribution in [-0.4, -0.2) is 24.0 Å². The van der Waals surface area contributed by atoms with Gasteiger partial charge in [-0.25, -0.2) is 0 Å². The first-order valence-corrected chi connectivity index (χ1v) is 11.5. The van der Waals surface area contributed by atoms with Gasteiger partial charge in [0, 0.05) is 18.1 Å². The van der Waals surface area contributed by atoms with E-state index in [2.05, 4.69) is 6.58 Å². The normalized spacial score (nSPS) is 16.4. The molecule has 0 radical (unpaired) electrons. The SMILES string of the molecule is C=C(OC(C)C)N1CCCC(N(C=O)Cc2cc(C(F)(F)F)cc(C(F)(F)F)c2)c2ccc(Cl)cc21. The first-order valence-electron chi connectivity index (χ1n) is 11.1. The fourth-order valence-electron chi connectivity index (χ4n) is 4.23. The molecule has 0 bridgehead atoms.